The summed E-state index contributed by atoms with van der Waals surface area (Å²) in [6.07, 6.45) is 2.48. The molecule has 1 aliphatic rings. The van der Waals surface area contributed by atoms with Crippen molar-refractivity contribution in [1.82, 2.24) is 10.3 Å². The van der Waals surface area contributed by atoms with Crippen LogP contribution in [0, 0.1) is 5.82 Å². The van der Waals surface area contributed by atoms with Gasteiger partial charge in [0.1, 0.15) is 10.8 Å². The van der Waals surface area contributed by atoms with Crippen LogP contribution in [0.3, 0.4) is 0 Å². The number of hydrogen-bond acceptors (Lipinski definition) is 4. The highest BCUT2D eigenvalue weighted by Gasteiger charge is 2.22. The SMILES string of the molecule is COCc1nc(-c2cc(Br)ccc2F)sc1CNC1CC1. The van der Waals surface area contributed by atoms with Gasteiger partial charge in [-0.25, -0.2) is 9.37 Å². The van der Waals surface area contributed by atoms with Gasteiger partial charge in [-0.15, -0.1) is 11.3 Å². The first-order valence-electron chi connectivity index (χ1n) is 6.83. The normalized spacial score (nSPS) is 14.6. The van der Waals surface area contributed by atoms with Gasteiger partial charge in [-0.1, -0.05) is 15.9 Å². The Balaban J connectivity index is 1.90. The maximum Gasteiger partial charge on any atom is 0.133 e. The van der Waals surface area contributed by atoms with Crippen molar-refractivity contribution < 1.29 is 9.13 Å². The van der Waals surface area contributed by atoms with Crippen molar-refractivity contribution in [3.8, 4) is 10.6 Å². The zero-order valence-electron chi connectivity index (χ0n) is 11.7. The number of benzene rings is 1. The van der Waals surface area contributed by atoms with Gasteiger partial charge in [0.15, 0.2) is 0 Å². The minimum absolute atomic E-state index is 0.252. The molecule has 1 heterocycles. The number of halogens is 2. The third-order valence-corrected chi connectivity index (χ3v) is 4.97. The van der Waals surface area contributed by atoms with Gasteiger partial charge in [0.25, 0.3) is 0 Å². The van der Waals surface area contributed by atoms with Crippen LogP contribution < -0.4 is 5.32 Å². The highest BCUT2D eigenvalue weighted by Crippen LogP contribution is 2.32. The maximum absolute atomic E-state index is 14.0. The van der Waals surface area contributed by atoms with Gasteiger partial charge in [0.05, 0.1) is 12.3 Å². The van der Waals surface area contributed by atoms with E-state index in [0.29, 0.717) is 23.2 Å². The number of nitrogens with one attached hydrogen (secondary N) is 1. The lowest BCUT2D eigenvalue weighted by Gasteiger charge is -2.02. The molecular weight excluding hydrogens is 355 g/mol. The van der Waals surface area contributed by atoms with Gasteiger partial charge in [-0.3, -0.25) is 0 Å². The fourth-order valence-electron chi connectivity index (χ4n) is 2.07. The number of aromatic nitrogens is 1. The maximum atomic E-state index is 14.0. The number of thiazole rings is 1. The minimum atomic E-state index is -0.252. The first kappa shape index (κ1) is 15.1. The Morgan fingerprint density at radius 1 is 1.48 bits per heavy atom. The molecule has 0 unspecified atom stereocenters. The molecule has 0 saturated heterocycles. The van der Waals surface area contributed by atoms with Crippen LogP contribution in [0.1, 0.15) is 23.4 Å². The molecule has 1 N–H and O–H groups in total. The van der Waals surface area contributed by atoms with Gasteiger partial charge in [0, 0.05) is 34.6 Å². The van der Waals surface area contributed by atoms with E-state index in [9.17, 15) is 4.39 Å². The molecule has 2 aromatic rings. The number of methoxy groups -OCH3 is 1. The molecule has 1 aromatic carbocycles. The van der Waals surface area contributed by atoms with Crippen LogP contribution in [-0.2, 0) is 17.9 Å². The summed E-state index contributed by atoms with van der Waals surface area (Å²) in [7, 11) is 1.65. The van der Waals surface area contributed by atoms with Crippen LogP contribution in [0.25, 0.3) is 10.6 Å². The summed E-state index contributed by atoms with van der Waals surface area (Å²) in [4.78, 5) is 5.69. The third-order valence-electron chi connectivity index (χ3n) is 3.35. The molecule has 1 aromatic heterocycles. The molecule has 112 valence electrons. The van der Waals surface area contributed by atoms with E-state index < -0.39 is 0 Å². The van der Waals surface area contributed by atoms with Crippen LogP contribution >= 0.6 is 27.3 Å². The topological polar surface area (TPSA) is 34.1 Å². The lowest BCUT2D eigenvalue weighted by atomic mass is 10.2. The number of hydrogen-bond donors (Lipinski definition) is 1. The van der Waals surface area contributed by atoms with E-state index >= 15 is 0 Å². The Morgan fingerprint density at radius 3 is 3.00 bits per heavy atom. The molecule has 0 aliphatic heterocycles. The van der Waals surface area contributed by atoms with Crippen LogP contribution in [0.5, 0.6) is 0 Å². The summed E-state index contributed by atoms with van der Waals surface area (Å²) in [6.45, 7) is 1.23. The van der Waals surface area contributed by atoms with Crippen LogP contribution in [-0.4, -0.2) is 18.1 Å². The molecule has 0 spiro atoms. The van der Waals surface area contributed by atoms with Gasteiger partial charge in [-0.05, 0) is 31.0 Å². The van der Waals surface area contributed by atoms with Crippen molar-refractivity contribution in [1.29, 1.82) is 0 Å². The van der Waals surface area contributed by atoms with E-state index in [0.717, 1.165) is 21.6 Å². The fraction of sp³-hybridized carbons (Fsp3) is 0.400. The summed E-state index contributed by atoms with van der Waals surface area (Å²) in [5.74, 6) is -0.252. The fourth-order valence-corrected chi connectivity index (χ4v) is 3.47. The van der Waals surface area contributed by atoms with Gasteiger partial charge >= 0.3 is 0 Å². The zero-order valence-corrected chi connectivity index (χ0v) is 14.1. The second-order valence-corrected chi connectivity index (χ2v) is 7.10. The number of rotatable bonds is 6. The Morgan fingerprint density at radius 2 is 2.29 bits per heavy atom. The Labute approximate surface area is 135 Å². The first-order chi connectivity index (χ1) is 10.2. The van der Waals surface area contributed by atoms with Gasteiger partial charge in [0.2, 0.25) is 0 Å². The summed E-state index contributed by atoms with van der Waals surface area (Å²) >= 11 is 4.91. The quantitative estimate of drug-likeness (QED) is 0.830. The molecule has 1 fully saturated rings. The molecule has 1 saturated carbocycles. The second kappa shape index (κ2) is 6.52. The summed E-state index contributed by atoms with van der Waals surface area (Å²) in [5.41, 5.74) is 1.43. The molecule has 6 heteroatoms. The average molecular weight is 371 g/mol. The largest absolute Gasteiger partial charge is 0.378 e. The first-order valence-corrected chi connectivity index (χ1v) is 8.44. The smallest absolute Gasteiger partial charge is 0.133 e. The summed E-state index contributed by atoms with van der Waals surface area (Å²) in [6, 6.07) is 5.55. The molecule has 3 nitrogen and oxygen atoms in total. The lowest BCUT2D eigenvalue weighted by molar-refractivity contribution is 0.181. The Hall–Kier alpha value is -0.820. The van der Waals surface area contributed by atoms with E-state index in [1.54, 1.807) is 19.2 Å². The molecular formula is C15H16BrFN2OS. The summed E-state index contributed by atoms with van der Waals surface area (Å²) in [5, 5.41) is 4.18. The van der Waals surface area contributed by atoms with Crippen LogP contribution in [0.2, 0.25) is 0 Å². The monoisotopic (exact) mass is 370 g/mol. The van der Waals surface area contributed by atoms with Crippen molar-refractivity contribution in [2.75, 3.05) is 7.11 Å². The van der Waals surface area contributed by atoms with E-state index in [2.05, 4.69) is 26.2 Å². The van der Waals surface area contributed by atoms with Crippen molar-refractivity contribution in [2.45, 2.75) is 32.0 Å². The van der Waals surface area contributed by atoms with E-state index in [1.807, 2.05) is 0 Å². The molecule has 1 aliphatic carbocycles. The predicted octanol–water partition coefficient (Wildman–Crippen LogP) is 4.11. The van der Waals surface area contributed by atoms with Crippen LogP contribution in [0.4, 0.5) is 4.39 Å². The highest BCUT2D eigenvalue weighted by molar-refractivity contribution is 9.10. The number of nitrogens with zero attached hydrogens (tertiary/aromatic N) is 1. The lowest BCUT2D eigenvalue weighted by Crippen LogP contribution is -2.15. The standard InChI is InChI=1S/C15H16BrFN2OS/c1-20-8-13-14(7-18-10-3-4-10)21-15(19-13)11-6-9(16)2-5-12(11)17/h2,5-6,10,18H,3-4,7-8H2,1H3. The Bertz CT molecular complexity index is 643. The minimum Gasteiger partial charge on any atom is -0.378 e. The Kier molecular flexibility index (Phi) is 4.69. The molecule has 0 radical (unpaired) electrons. The number of ether oxygens (including phenoxy) is 1. The average Bonchev–Trinajstić information content (AvgIpc) is 3.21. The third kappa shape index (κ3) is 3.69. The van der Waals surface area contributed by atoms with Crippen molar-refractivity contribution in [3.05, 3.63) is 39.1 Å². The van der Waals surface area contributed by atoms with Crippen molar-refractivity contribution in [2.24, 2.45) is 0 Å². The van der Waals surface area contributed by atoms with E-state index in [-0.39, 0.29) is 5.82 Å². The van der Waals surface area contributed by atoms with Crippen LogP contribution in [0.15, 0.2) is 22.7 Å². The van der Waals surface area contributed by atoms with Crippen molar-refractivity contribution >= 4 is 27.3 Å². The molecule has 0 atom stereocenters. The molecule has 0 amide bonds. The molecule has 21 heavy (non-hydrogen) atoms. The summed E-state index contributed by atoms with van der Waals surface area (Å²) < 4.78 is 20.1. The zero-order chi connectivity index (χ0) is 14.8. The van der Waals surface area contributed by atoms with Crippen molar-refractivity contribution in [3.63, 3.8) is 0 Å². The van der Waals surface area contributed by atoms with E-state index in [4.69, 9.17) is 4.74 Å². The molecule has 3 rings (SSSR count). The molecule has 0 bridgehead atoms. The highest BCUT2D eigenvalue weighted by atomic mass is 79.9. The second-order valence-electron chi connectivity index (χ2n) is 5.10. The van der Waals surface area contributed by atoms with Gasteiger partial charge in [-0.2, -0.15) is 0 Å². The predicted molar refractivity (Wildman–Crippen MR) is 85.8 cm³/mol. The van der Waals surface area contributed by atoms with E-state index in [1.165, 1.54) is 30.2 Å². The van der Waals surface area contributed by atoms with Gasteiger partial charge < -0.3 is 10.1 Å².